The molecule has 7 nitrogen and oxygen atoms in total. The second-order valence-electron chi connectivity index (χ2n) is 8.27. The number of amides is 2. The van der Waals surface area contributed by atoms with Crippen molar-refractivity contribution in [2.45, 2.75) is 31.3 Å². The van der Waals surface area contributed by atoms with Gasteiger partial charge in [0.05, 0.1) is 10.6 Å². The predicted octanol–water partition coefficient (Wildman–Crippen LogP) is 5.31. The number of nitrogens with one attached hydrogen (secondary N) is 1. The highest BCUT2D eigenvalue weighted by molar-refractivity contribution is 7.92. The molecule has 0 unspecified atom stereocenters. The fourth-order valence-electron chi connectivity index (χ4n) is 3.78. The molecule has 0 heterocycles. The van der Waals surface area contributed by atoms with Crippen LogP contribution in [-0.2, 0) is 26.2 Å². The zero-order valence-corrected chi connectivity index (χ0v) is 23.5. The van der Waals surface area contributed by atoms with Gasteiger partial charge in [0.2, 0.25) is 11.8 Å². The smallest absolute Gasteiger partial charge is 0.264 e. The molecule has 3 rings (SSSR count). The van der Waals surface area contributed by atoms with E-state index >= 15 is 0 Å². The van der Waals surface area contributed by atoms with Gasteiger partial charge in [0, 0.05) is 34.2 Å². The first-order valence-electron chi connectivity index (χ1n) is 11.2. The number of hydrogen-bond donors (Lipinski definition) is 1. The minimum absolute atomic E-state index is 0.0113. The normalized spacial score (nSPS) is 12.1. The summed E-state index contributed by atoms with van der Waals surface area (Å²) in [5.41, 5.74) is 1.28. The molecule has 0 aliphatic carbocycles. The van der Waals surface area contributed by atoms with Crippen molar-refractivity contribution in [3.63, 3.8) is 0 Å². The first-order valence-corrected chi connectivity index (χ1v) is 13.8. The van der Waals surface area contributed by atoms with Gasteiger partial charge in [-0.2, -0.15) is 0 Å². The molecule has 0 spiro atoms. The predicted molar refractivity (Wildman–Crippen MR) is 148 cm³/mol. The van der Waals surface area contributed by atoms with E-state index in [9.17, 15) is 18.0 Å². The molecule has 37 heavy (non-hydrogen) atoms. The monoisotopic (exact) mass is 581 g/mol. The Balaban J connectivity index is 2.09. The fourth-order valence-corrected chi connectivity index (χ4v) is 6.02. The van der Waals surface area contributed by atoms with E-state index in [2.05, 4.69) is 5.32 Å². The minimum Gasteiger partial charge on any atom is -0.357 e. The molecule has 11 heteroatoms. The molecule has 196 valence electrons. The van der Waals surface area contributed by atoms with Crippen LogP contribution in [0.15, 0.2) is 71.6 Å². The van der Waals surface area contributed by atoms with Crippen molar-refractivity contribution in [1.29, 1.82) is 0 Å². The van der Waals surface area contributed by atoms with Crippen LogP contribution in [-0.4, -0.2) is 44.8 Å². The summed E-state index contributed by atoms with van der Waals surface area (Å²) in [4.78, 5) is 27.6. The number of anilines is 1. The lowest BCUT2D eigenvalue weighted by molar-refractivity contribution is -0.139. The van der Waals surface area contributed by atoms with E-state index in [1.807, 2.05) is 0 Å². The molecule has 3 aromatic carbocycles. The van der Waals surface area contributed by atoms with E-state index in [0.29, 0.717) is 26.2 Å². The van der Waals surface area contributed by atoms with Crippen molar-refractivity contribution >= 4 is 62.3 Å². The van der Waals surface area contributed by atoms with E-state index in [1.165, 1.54) is 24.1 Å². The molecule has 0 aliphatic rings. The Morgan fingerprint density at radius 2 is 1.57 bits per heavy atom. The average molecular weight is 583 g/mol. The van der Waals surface area contributed by atoms with Crippen LogP contribution in [0, 0.1) is 6.92 Å². The maximum absolute atomic E-state index is 13.8. The van der Waals surface area contributed by atoms with E-state index in [1.54, 1.807) is 68.4 Å². The largest absolute Gasteiger partial charge is 0.357 e. The van der Waals surface area contributed by atoms with Crippen molar-refractivity contribution in [2.75, 3.05) is 17.9 Å². The Bertz CT molecular complexity index is 1380. The first-order chi connectivity index (χ1) is 17.5. The molecule has 3 aromatic rings. The Labute approximate surface area is 232 Å². The molecule has 0 bridgehead atoms. The quantitative estimate of drug-likeness (QED) is 0.370. The molecular weight excluding hydrogens is 557 g/mol. The molecular formula is C26H26Cl3N3O4S. The second-order valence-corrected chi connectivity index (χ2v) is 11.4. The molecule has 1 N–H and O–H groups in total. The number of aryl methyl sites for hydroxylation is 1. The molecule has 0 saturated carbocycles. The Kier molecular flexibility index (Phi) is 9.47. The number of hydrogen-bond acceptors (Lipinski definition) is 4. The van der Waals surface area contributed by atoms with Crippen LogP contribution < -0.4 is 9.62 Å². The summed E-state index contributed by atoms with van der Waals surface area (Å²) in [5.74, 6) is -1.06. The molecule has 0 aromatic heterocycles. The van der Waals surface area contributed by atoms with E-state index in [-0.39, 0.29) is 17.1 Å². The Morgan fingerprint density at radius 3 is 2.14 bits per heavy atom. The summed E-state index contributed by atoms with van der Waals surface area (Å²) in [6.45, 7) is 2.56. The van der Waals surface area contributed by atoms with Gasteiger partial charge in [-0.3, -0.25) is 13.9 Å². The van der Waals surface area contributed by atoms with Gasteiger partial charge in [-0.25, -0.2) is 8.42 Å². The first kappa shape index (κ1) is 28.8. The average Bonchev–Trinajstić information content (AvgIpc) is 2.87. The Morgan fingerprint density at radius 1 is 0.946 bits per heavy atom. The minimum atomic E-state index is -4.17. The highest BCUT2D eigenvalue weighted by Crippen LogP contribution is 2.30. The van der Waals surface area contributed by atoms with Crippen LogP contribution in [0.1, 0.15) is 18.1 Å². The van der Waals surface area contributed by atoms with Crippen molar-refractivity contribution in [3.8, 4) is 0 Å². The summed E-state index contributed by atoms with van der Waals surface area (Å²) in [5, 5.41) is 3.58. The fraction of sp³-hybridized carbons (Fsp3) is 0.231. The van der Waals surface area contributed by atoms with Gasteiger partial charge in [-0.05, 0) is 61.9 Å². The lowest BCUT2D eigenvalue weighted by atomic mass is 10.1. The number of nitrogens with zero attached hydrogens (tertiary/aromatic N) is 2. The SMILES string of the molecule is CNC(=O)[C@@H](C)N(Cc1c(Cl)cccc1Cl)C(=O)CN(c1ccc(Cl)cc1C)S(=O)(=O)c1ccccc1. The number of benzene rings is 3. The highest BCUT2D eigenvalue weighted by Gasteiger charge is 2.33. The maximum Gasteiger partial charge on any atom is 0.264 e. The van der Waals surface area contributed by atoms with Gasteiger partial charge < -0.3 is 10.2 Å². The summed E-state index contributed by atoms with van der Waals surface area (Å²) >= 11 is 18.8. The van der Waals surface area contributed by atoms with Crippen molar-refractivity contribution < 1.29 is 18.0 Å². The van der Waals surface area contributed by atoms with E-state index in [4.69, 9.17) is 34.8 Å². The molecule has 0 aliphatic heterocycles. The number of rotatable bonds is 9. The summed E-state index contributed by atoms with van der Waals surface area (Å²) in [6, 6.07) is 16.5. The highest BCUT2D eigenvalue weighted by atomic mass is 35.5. The third kappa shape index (κ3) is 6.57. The number of sulfonamides is 1. The standard InChI is InChI=1S/C26H26Cl3N3O4S/c1-17-14-19(27)12-13-24(17)32(37(35,36)20-8-5-4-6-9-20)16-25(33)31(18(2)26(34)30-3)15-21-22(28)10-7-11-23(21)29/h4-14,18H,15-16H2,1-3H3,(H,30,34)/t18-/m1/s1. The van der Waals surface area contributed by atoms with Gasteiger partial charge in [0.1, 0.15) is 12.6 Å². The summed E-state index contributed by atoms with van der Waals surface area (Å²) < 4.78 is 28.5. The second kappa shape index (κ2) is 12.2. The van der Waals surface area contributed by atoms with Gasteiger partial charge >= 0.3 is 0 Å². The maximum atomic E-state index is 13.8. The summed E-state index contributed by atoms with van der Waals surface area (Å²) in [6.07, 6.45) is 0. The number of carbonyl (C=O) groups is 2. The van der Waals surface area contributed by atoms with Crippen LogP contribution in [0.25, 0.3) is 0 Å². The Hall–Kier alpha value is -2.78. The van der Waals surface area contributed by atoms with Crippen molar-refractivity contribution in [1.82, 2.24) is 10.2 Å². The zero-order valence-electron chi connectivity index (χ0n) is 20.4. The van der Waals surface area contributed by atoms with Crippen molar-refractivity contribution in [3.05, 3.63) is 92.9 Å². The number of halogens is 3. The molecule has 2 amide bonds. The molecule has 0 radical (unpaired) electrons. The van der Waals surface area contributed by atoms with Crippen LogP contribution >= 0.6 is 34.8 Å². The van der Waals surface area contributed by atoms with Crippen molar-refractivity contribution in [2.24, 2.45) is 0 Å². The molecule has 0 fully saturated rings. The molecule has 0 saturated heterocycles. The number of likely N-dealkylation sites (N-methyl/N-ethyl adjacent to an activating group) is 1. The summed E-state index contributed by atoms with van der Waals surface area (Å²) in [7, 11) is -2.72. The van der Waals surface area contributed by atoms with Crippen LogP contribution in [0.4, 0.5) is 5.69 Å². The van der Waals surface area contributed by atoms with Crippen LogP contribution in [0.5, 0.6) is 0 Å². The lowest BCUT2D eigenvalue weighted by Gasteiger charge is -2.32. The third-order valence-electron chi connectivity index (χ3n) is 5.84. The van der Waals surface area contributed by atoms with Gasteiger partial charge in [0.15, 0.2) is 0 Å². The van der Waals surface area contributed by atoms with Gasteiger partial charge in [0.25, 0.3) is 10.0 Å². The third-order valence-corrected chi connectivity index (χ3v) is 8.56. The topological polar surface area (TPSA) is 86.8 Å². The lowest BCUT2D eigenvalue weighted by Crippen LogP contribution is -2.50. The zero-order chi connectivity index (χ0) is 27.3. The van der Waals surface area contributed by atoms with Gasteiger partial charge in [-0.1, -0.05) is 59.1 Å². The number of carbonyl (C=O) groups excluding carboxylic acids is 2. The van der Waals surface area contributed by atoms with E-state index in [0.717, 1.165) is 4.31 Å². The van der Waals surface area contributed by atoms with E-state index < -0.39 is 34.4 Å². The van der Waals surface area contributed by atoms with Crippen LogP contribution in [0.2, 0.25) is 15.1 Å². The van der Waals surface area contributed by atoms with Crippen LogP contribution in [0.3, 0.4) is 0 Å². The van der Waals surface area contributed by atoms with Gasteiger partial charge in [-0.15, -0.1) is 0 Å². The molecule has 1 atom stereocenters.